The van der Waals surface area contributed by atoms with Crippen LogP contribution in [0.5, 0.6) is 0 Å². The Labute approximate surface area is 151 Å². The van der Waals surface area contributed by atoms with Crippen LogP contribution in [0.25, 0.3) is 0 Å². The Balaban J connectivity index is 1.28. The summed E-state index contributed by atoms with van der Waals surface area (Å²) in [4.78, 5) is 24.6. The number of carbonyl (C=O) groups is 1. The van der Waals surface area contributed by atoms with Gasteiger partial charge in [0.05, 0.1) is 6.54 Å². The molecule has 2 N–H and O–H groups in total. The third-order valence-corrected chi connectivity index (χ3v) is 5.86. The van der Waals surface area contributed by atoms with E-state index in [0.29, 0.717) is 18.4 Å². The van der Waals surface area contributed by atoms with Gasteiger partial charge in [0.25, 0.3) is 0 Å². The van der Waals surface area contributed by atoms with Crippen LogP contribution in [0.1, 0.15) is 51.3 Å². The minimum Gasteiger partial charge on any atom is -0.355 e. The number of H-pyrrole nitrogens is 1. The zero-order chi connectivity index (χ0) is 17.5. The average Bonchev–Trinajstić information content (AvgIpc) is 3.30. The molecule has 0 radical (unpaired) electrons. The summed E-state index contributed by atoms with van der Waals surface area (Å²) in [6.07, 6.45) is 10.3. The number of likely N-dealkylation sites (N-methyl/N-ethyl adjacent to an activating group) is 1. The quantitative estimate of drug-likeness (QED) is 0.755. The first-order chi connectivity index (χ1) is 12.2. The molecule has 0 spiro atoms. The number of carbonyl (C=O) groups excluding carboxylic acids is 1. The Kier molecular flexibility index (Phi) is 6.87. The number of likely N-dealkylation sites (tertiary alicyclic amines) is 2. The topological polar surface area (TPSA) is 64.3 Å². The highest BCUT2D eigenvalue weighted by Gasteiger charge is 2.24. The third kappa shape index (κ3) is 5.54. The Morgan fingerprint density at radius 3 is 2.88 bits per heavy atom. The van der Waals surface area contributed by atoms with Crippen molar-refractivity contribution in [2.45, 2.75) is 58.0 Å². The lowest BCUT2D eigenvalue weighted by atomic mass is 9.92. The fourth-order valence-electron chi connectivity index (χ4n) is 4.23. The van der Waals surface area contributed by atoms with Crippen molar-refractivity contribution in [3.05, 3.63) is 18.2 Å². The highest BCUT2D eigenvalue weighted by Crippen LogP contribution is 2.22. The minimum atomic E-state index is 0.237. The summed E-state index contributed by atoms with van der Waals surface area (Å²) >= 11 is 0. The van der Waals surface area contributed by atoms with E-state index >= 15 is 0 Å². The van der Waals surface area contributed by atoms with E-state index in [1.54, 1.807) is 0 Å². The van der Waals surface area contributed by atoms with Gasteiger partial charge in [-0.15, -0.1) is 0 Å². The fraction of sp³-hybridized carbons (Fsp3) is 0.789. The van der Waals surface area contributed by atoms with Gasteiger partial charge in [0.2, 0.25) is 5.91 Å². The highest BCUT2D eigenvalue weighted by molar-refractivity contribution is 5.75. The first-order valence-electron chi connectivity index (χ1n) is 9.96. The molecule has 0 bridgehead atoms. The largest absolute Gasteiger partial charge is 0.355 e. The Hall–Kier alpha value is -1.40. The van der Waals surface area contributed by atoms with E-state index in [1.165, 1.54) is 32.2 Å². The molecule has 0 aromatic carbocycles. The molecule has 140 valence electrons. The number of imidazole rings is 1. The van der Waals surface area contributed by atoms with Crippen molar-refractivity contribution in [2.24, 2.45) is 5.92 Å². The van der Waals surface area contributed by atoms with Crippen molar-refractivity contribution in [3.8, 4) is 0 Å². The van der Waals surface area contributed by atoms with Crippen molar-refractivity contribution in [1.29, 1.82) is 0 Å². The maximum Gasteiger partial charge on any atom is 0.220 e. The van der Waals surface area contributed by atoms with E-state index in [2.05, 4.69) is 32.0 Å². The molecule has 6 nitrogen and oxygen atoms in total. The Bertz CT molecular complexity index is 510. The zero-order valence-electron chi connectivity index (χ0n) is 15.5. The molecule has 2 aliphatic heterocycles. The number of aromatic nitrogens is 2. The van der Waals surface area contributed by atoms with Crippen LogP contribution in [-0.4, -0.2) is 64.4 Å². The van der Waals surface area contributed by atoms with Gasteiger partial charge in [-0.3, -0.25) is 14.6 Å². The summed E-state index contributed by atoms with van der Waals surface area (Å²) in [5.41, 5.74) is 0. The normalized spacial score (nSPS) is 23.2. The molecule has 25 heavy (non-hydrogen) atoms. The molecule has 0 aliphatic carbocycles. The Morgan fingerprint density at radius 2 is 2.16 bits per heavy atom. The molecule has 2 aliphatic rings. The fourth-order valence-corrected chi connectivity index (χ4v) is 4.23. The number of hydrogen-bond donors (Lipinski definition) is 2. The number of rotatable bonds is 8. The number of hydrogen-bond acceptors (Lipinski definition) is 4. The molecule has 1 aromatic heterocycles. The number of nitrogens with zero attached hydrogens (tertiary/aromatic N) is 3. The molecule has 1 aromatic rings. The van der Waals surface area contributed by atoms with Crippen molar-refractivity contribution in [2.75, 3.05) is 32.7 Å². The van der Waals surface area contributed by atoms with E-state index in [-0.39, 0.29) is 5.91 Å². The van der Waals surface area contributed by atoms with Crippen LogP contribution < -0.4 is 5.32 Å². The van der Waals surface area contributed by atoms with Gasteiger partial charge in [-0.2, -0.15) is 0 Å². The predicted octanol–water partition coefficient (Wildman–Crippen LogP) is 2.00. The summed E-state index contributed by atoms with van der Waals surface area (Å²) in [5.74, 6) is 1.98. The van der Waals surface area contributed by atoms with Crippen LogP contribution in [0.15, 0.2) is 12.4 Å². The smallest absolute Gasteiger partial charge is 0.220 e. The maximum absolute atomic E-state index is 12.2. The minimum absolute atomic E-state index is 0.237. The van der Waals surface area contributed by atoms with Crippen LogP contribution in [0.3, 0.4) is 0 Å². The second kappa shape index (κ2) is 9.34. The van der Waals surface area contributed by atoms with Crippen LogP contribution in [0.4, 0.5) is 0 Å². The second-order valence-electron chi connectivity index (χ2n) is 7.52. The highest BCUT2D eigenvalue weighted by atomic mass is 16.1. The number of amides is 1. The van der Waals surface area contributed by atoms with E-state index in [9.17, 15) is 4.79 Å². The van der Waals surface area contributed by atoms with E-state index in [1.807, 2.05) is 12.4 Å². The lowest BCUT2D eigenvalue weighted by Crippen LogP contribution is -2.40. The van der Waals surface area contributed by atoms with Crippen LogP contribution in [-0.2, 0) is 11.3 Å². The molecule has 6 heteroatoms. The molecule has 1 amide bonds. The molecule has 2 saturated heterocycles. The summed E-state index contributed by atoms with van der Waals surface area (Å²) in [7, 11) is 0. The van der Waals surface area contributed by atoms with Gasteiger partial charge in [0, 0.05) is 31.4 Å². The SMILES string of the molecule is CCN1CCC[C@H]1CNC(=O)CCC1CCN(Cc2ncc[nH]2)CC1. The van der Waals surface area contributed by atoms with Gasteiger partial charge in [-0.05, 0) is 64.2 Å². The van der Waals surface area contributed by atoms with Crippen LogP contribution >= 0.6 is 0 Å². The first kappa shape index (κ1) is 18.4. The van der Waals surface area contributed by atoms with Gasteiger partial charge in [-0.25, -0.2) is 4.98 Å². The van der Waals surface area contributed by atoms with Crippen molar-refractivity contribution >= 4 is 5.91 Å². The lowest BCUT2D eigenvalue weighted by Gasteiger charge is -2.31. The molecule has 0 saturated carbocycles. The molecular weight excluding hydrogens is 314 g/mol. The summed E-state index contributed by atoms with van der Waals surface area (Å²) < 4.78 is 0. The van der Waals surface area contributed by atoms with Crippen LogP contribution in [0.2, 0.25) is 0 Å². The maximum atomic E-state index is 12.2. The molecule has 0 unspecified atom stereocenters. The molecule has 3 rings (SSSR count). The zero-order valence-corrected chi connectivity index (χ0v) is 15.5. The number of piperidine rings is 1. The third-order valence-electron chi connectivity index (χ3n) is 5.86. The summed E-state index contributed by atoms with van der Waals surface area (Å²) in [6.45, 7) is 8.45. The molecule has 2 fully saturated rings. The first-order valence-corrected chi connectivity index (χ1v) is 9.96. The van der Waals surface area contributed by atoms with Crippen molar-refractivity contribution < 1.29 is 4.79 Å². The van der Waals surface area contributed by atoms with E-state index in [4.69, 9.17) is 0 Å². The molecule has 1 atom stereocenters. The van der Waals surface area contributed by atoms with E-state index in [0.717, 1.165) is 45.0 Å². The summed E-state index contributed by atoms with van der Waals surface area (Å²) in [5, 5.41) is 3.16. The molecule has 3 heterocycles. The standard InChI is InChI=1S/C19H33N5O/c1-2-24-11-3-4-17(24)14-22-19(25)6-5-16-7-12-23(13-8-16)15-18-20-9-10-21-18/h9-10,16-17H,2-8,11-15H2,1H3,(H,20,21)(H,22,25)/t17-/m0/s1. The number of aromatic amines is 1. The monoisotopic (exact) mass is 347 g/mol. The second-order valence-corrected chi connectivity index (χ2v) is 7.52. The lowest BCUT2D eigenvalue weighted by molar-refractivity contribution is -0.121. The van der Waals surface area contributed by atoms with Gasteiger partial charge < -0.3 is 10.3 Å². The van der Waals surface area contributed by atoms with Crippen molar-refractivity contribution in [3.63, 3.8) is 0 Å². The Morgan fingerprint density at radius 1 is 1.32 bits per heavy atom. The van der Waals surface area contributed by atoms with Gasteiger partial charge in [0.15, 0.2) is 0 Å². The van der Waals surface area contributed by atoms with Gasteiger partial charge in [-0.1, -0.05) is 6.92 Å². The van der Waals surface area contributed by atoms with E-state index < -0.39 is 0 Å². The molecular formula is C19H33N5O. The van der Waals surface area contributed by atoms with Gasteiger partial charge in [0.1, 0.15) is 5.82 Å². The average molecular weight is 348 g/mol. The predicted molar refractivity (Wildman–Crippen MR) is 99.1 cm³/mol. The summed E-state index contributed by atoms with van der Waals surface area (Å²) in [6, 6.07) is 0.554. The van der Waals surface area contributed by atoms with Crippen molar-refractivity contribution in [1.82, 2.24) is 25.1 Å². The van der Waals surface area contributed by atoms with Crippen LogP contribution in [0, 0.1) is 5.92 Å². The number of nitrogens with one attached hydrogen (secondary N) is 2. The van der Waals surface area contributed by atoms with Gasteiger partial charge >= 0.3 is 0 Å².